The summed E-state index contributed by atoms with van der Waals surface area (Å²) in [4.78, 5) is 7.09. The Morgan fingerprint density at radius 3 is 2.62 bits per heavy atom. The molecule has 9 heteroatoms. The summed E-state index contributed by atoms with van der Waals surface area (Å²) < 4.78 is 7.45. The van der Waals surface area contributed by atoms with Crippen LogP contribution in [0.4, 0.5) is 5.82 Å². The molecule has 5 rings (SSSR count). The molecule has 8 nitrogen and oxygen atoms in total. The number of pyridine rings is 2. The lowest BCUT2D eigenvalue weighted by Gasteiger charge is -2.33. The predicted octanol–water partition coefficient (Wildman–Crippen LogP) is 2.78. The summed E-state index contributed by atoms with van der Waals surface area (Å²) in [6.45, 7) is 5.49. The summed E-state index contributed by atoms with van der Waals surface area (Å²) in [7, 11) is 0. The van der Waals surface area contributed by atoms with Gasteiger partial charge in [0.15, 0.2) is 0 Å². The Morgan fingerprint density at radius 2 is 2.00 bits per heavy atom. The summed E-state index contributed by atoms with van der Waals surface area (Å²) in [5.41, 5.74) is 1.96. The standard InChI is InChI=1S/C23H26N6O2.ClH/c1-23(2,30)14-31-19-7-20(22-16(8-24)10-26-29(22)13-19)15-3-6-21(25-9-15)28-11-17-4-5-18(12-28)27-17;/h3,6-7,9-10,13,17-18,27,30H,4-5,11-12,14H2,1-2H3;1H. The third-order valence-corrected chi connectivity index (χ3v) is 5.90. The highest BCUT2D eigenvalue weighted by molar-refractivity contribution is 5.85. The highest BCUT2D eigenvalue weighted by Crippen LogP contribution is 2.32. The molecule has 0 aromatic carbocycles. The number of piperazine rings is 1. The topological polar surface area (TPSA) is 98.7 Å². The number of fused-ring (bicyclic) bond motifs is 3. The minimum atomic E-state index is -0.955. The maximum atomic E-state index is 10.0. The second-order valence-electron chi connectivity index (χ2n) is 9.10. The van der Waals surface area contributed by atoms with Gasteiger partial charge in [-0.15, -0.1) is 12.4 Å². The fourth-order valence-electron chi connectivity index (χ4n) is 4.45. The van der Waals surface area contributed by atoms with Gasteiger partial charge in [0, 0.05) is 42.5 Å². The lowest BCUT2D eigenvalue weighted by molar-refractivity contribution is 0.0283. The molecule has 168 valence electrons. The number of halogens is 1. The van der Waals surface area contributed by atoms with Crippen LogP contribution >= 0.6 is 12.4 Å². The summed E-state index contributed by atoms with van der Waals surface area (Å²) in [6.07, 6.45) is 7.59. The zero-order valence-corrected chi connectivity index (χ0v) is 19.0. The van der Waals surface area contributed by atoms with Crippen LogP contribution in [0.25, 0.3) is 16.6 Å². The summed E-state index contributed by atoms with van der Waals surface area (Å²) in [5, 5.41) is 27.5. The van der Waals surface area contributed by atoms with Gasteiger partial charge < -0.3 is 20.1 Å². The minimum Gasteiger partial charge on any atom is -0.489 e. The molecule has 2 aliphatic heterocycles. The molecule has 3 aromatic rings. The zero-order chi connectivity index (χ0) is 21.6. The van der Waals surface area contributed by atoms with E-state index in [1.807, 2.05) is 24.4 Å². The first-order valence-corrected chi connectivity index (χ1v) is 10.6. The van der Waals surface area contributed by atoms with Gasteiger partial charge in [-0.2, -0.15) is 10.4 Å². The molecular weight excluding hydrogens is 428 g/mol. The third-order valence-electron chi connectivity index (χ3n) is 5.90. The van der Waals surface area contributed by atoms with E-state index in [9.17, 15) is 10.4 Å². The number of nitrogens with zero attached hydrogens (tertiary/aromatic N) is 5. The Bertz CT molecular complexity index is 1140. The number of ether oxygens (including phenoxy) is 1. The van der Waals surface area contributed by atoms with E-state index in [4.69, 9.17) is 9.72 Å². The molecule has 0 spiro atoms. The number of aliphatic hydroxyl groups is 1. The molecule has 2 saturated heterocycles. The average Bonchev–Trinajstić information content (AvgIpc) is 3.33. The Hall–Kier alpha value is -2.86. The molecule has 5 heterocycles. The normalized spacial score (nSPS) is 20.1. The summed E-state index contributed by atoms with van der Waals surface area (Å²) in [6, 6.07) is 9.28. The van der Waals surface area contributed by atoms with E-state index >= 15 is 0 Å². The highest BCUT2D eigenvalue weighted by atomic mass is 35.5. The molecule has 2 N–H and O–H groups in total. The Balaban J connectivity index is 0.00000245. The fraction of sp³-hybridized carbons (Fsp3) is 0.435. The molecule has 2 unspecified atom stereocenters. The number of hydrogen-bond donors (Lipinski definition) is 2. The second kappa shape index (κ2) is 8.58. The molecule has 0 amide bonds. The first-order chi connectivity index (χ1) is 14.9. The Labute approximate surface area is 193 Å². The molecule has 3 aromatic heterocycles. The first-order valence-electron chi connectivity index (χ1n) is 10.6. The molecule has 32 heavy (non-hydrogen) atoms. The number of nitrogens with one attached hydrogen (secondary N) is 1. The zero-order valence-electron chi connectivity index (χ0n) is 18.2. The third kappa shape index (κ3) is 4.37. The van der Waals surface area contributed by atoms with E-state index in [2.05, 4.69) is 21.4 Å². The molecule has 0 radical (unpaired) electrons. The van der Waals surface area contributed by atoms with Gasteiger partial charge in [0.25, 0.3) is 0 Å². The Morgan fingerprint density at radius 1 is 1.25 bits per heavy atom. The van der Waals surface area contributed by atoms with Crippen LogP contribution in [-0.4, -0.2) is 57.1 Å². The van der Waals surface area contributed by atoms with E-state index in [1.165, 1.54) is 12.8 Å². The average molecular weight is 455 g/mol. The van der Waals surface area contributed by atoms with E-state index < -0.39 is 5.60 Å². The maximum absolute atomic E-state index is 10.0. The first kappa shape index (κ1) is 22.3. The largest absolute Gasteiger partial charge is 0.489 e. The van der Waals surface area contributed by atoms with Gasteiger partial charge in [0.2, 0.25) is 0 Å². The number of nitriles is 1. The second-order valence-corrected chi connectivity index (χ2v) is 9.10. The molecular formula is C23H27ClN6O2. The molecule has 2 atom stereocenters. The van der Waals surface area contributed by atoms with Gasteiger partial charge in [0.05, 0.1) is 29.1 Å². The van der Waals surface area contributed by atoms with Crippen molar-refractivity contribution in [1.82, 2.24) is 19.9 Å². The quantitative estimate of drug-likeness (QED) is 0.611. The van der Waals surface area contributed by atoms with Crippen molar-refractivity contribution in [2.75, 3.05) is 24.6 Å². The lowest BCUT2D eigenvalue weighted by Crippen LogP contribution is -2.51. The number of aromatic nitrogens is 3. The van der Waals surface area contributed by atoms with E-state index in [1.54, 1.807) is 30.8 Å². The fourth-order valence-corrected chi connectivity index (χ4v) is 4.45. The molecule has 0 saturated carbocycles. The highest BCUT2D eigenvalue weighted by Gasteiger charge is 2.32. The van der Waals surface area contributed by atoms with Crippen molar-refractivity contribution < 1.29 is 9.84 Å². The lowest BCUT2D eigenvalue weighted by atomic mass is 10.0. The summed E-state index contributed by atoms with van der Waals surface area (Å²) >= 11 is 0. The number of hydrogen-bond acceptors (Lipinski definition) is 7. The Kier molecular flexibility index (Phi) is 5.99. The van der Waals surface area contributed by atoms with Crippen LogP contribution < -0.4 is 15.0 Å². The summed E-state index contributed by atoms with van der Waals surface area (Å²) in [5.74, 6) is 1.54. The van der Waals surface area contributed by atoms with Gasteiger partial charge >= 0.3 is 0 Å². The maximum Gasteiger partial charge on any atom is 0.138 e. The van der Waals surface area contributed by atoms with E-state index in [-0.39, 0.29) is 19.0 Å². The molecule has 2 bridgehead atoms. The number of anilines is 1. The van der Waals surface area contributed by atoms with Gasteiger partial charge in [-0.1, -0.05) is 0 Å². The van der Waals surface area contributed by atoms with Crippen molar-refractivity contribution in [2.45, 2.75) is 44.4 Å². The predicted molar refractivity (Wildman–Crippen MR) is 124 cm³/mol. The van der Waals surface area contributed by atoms with Crippen LogP contribution in [-0.2, 0) is 0 Å². The van der Waals surface area contributed by atoms with E-state index in [0.29, 0.717) is 28.9 Å². The smallest absolute Gasteiger partial charge is 0.138 e. The minimum absolute atomic E-state index is 0. The SMILES string of the molecule is CC(C)(O)COc1cc(-c2ccc(N3CC4CCC(C3)N4)nc2)c2c(C#N)cnn2c1.Cl. The van der Waals surface area contributed by atoms with Crippen molar-refractivity contribution in [1.29, 1.82) is 5.26 Å². The van der Waals surface area contributed by atoms with Crippen LogP contribution in [0.2, 0.25) is 0 Å². The van der Waals surface area contributed by atoms with Gasteiger partial charge in [0.1, 0.15) is 24.2 Å². The van der Waals surface area contributed by atoms with Gasteiger partial charge in [-0.25, -0.2) is 9.50 Å². The molecule has 2 aliphatic rings. The monoisotopic (exact) mass is 454 g/mol. The van der Waals surface area contributed by atoms with Gasteiger partial charge in [-0.3, -0.25) is 0 Å². The van der Waals surface area contributed by atoms with E-state index in [0.717, 1.165) is 30.0 Å². The van der Waals surface area contributed by atoms with Crippen LogP contribution in [0.3, 0.4) is 0 Å². The molecule has 2 fully saturated rings. The van der Waals surface area contributed by atoms with Crippen molar-refractivity contribution >= 4 is 23.7 Å². The van der Waals surface area contributed by atoms with Crippen LogP contribution in [0, 0.1) is 11.3 Å². The van der Waals surface area contributed by atoms with Crippen molar-refractivity contribution in [3.8, 4) is 22.9 Å². The molecule has 0 aliphatic carbocycles. The van der Waals surface area contributed by atoms with Crippen LogP contribution in [0.5, 0.6) is 5.75 Å². The van der Waals surface area contributed by atoms with Crippen molar-refractivity contribution in [3.05, 3.63) is 42.4 Å². The van der Waals surface area contributed by atoms with Crippen LogP contribution in [0.15, 0.2) is 36.8 Å². The number of rotatable bonds is 5. The van der Waals surface area contributed by atoms with Crippen LogP contribution in [0.1, 0.15) is 32.3 Å². The van der Waals surface area contributed by atoms with Crippen molar-refractivity contribution in [3.63, 3.8) is 0 Å². The van der Waals surface area contributed by atoms with Gasteiger partial charge in [-0.05, 0) is 44.9 Å². The van der Waals surface area contributed by atoms with Crippen molar-refractivity contribution in [2.24, 2.45) is 0 Å².